The first kappa shape index (κ1) is 17.0. The number of nitrogens with zero attached hydrogens (tertiary/aromatic N) is 5. The molecule has 0 bridgehead atoms. The van der Waals surface area contributed by atoms with Crippen LogP contribution in [0.3, 0.4) is 0 Å². The number of hydrogen-bond donors (Lipinski definition) is 0. The maximum atomic E-state index is 11.8. The molecule has 24 heavy (non-hydrogen) atoms. The third kappa shape index (κ3) is 3.81. The summed E-state index contributed by atoms with van der Waals surface area (Å²) in [7, 11) is -3.11. The molecule has 8 heteroatoms. The van der Waals surface area contributed by atoms with Crippen LogP contribution in [0.2, 0.25) is 0 Å². The Morgan fingerprint density at radius 1 is 1.33 bits per heavy atom. The van der Waals surface area contributed by atoms with Gasteiger partial charge in [0.25, 0.3) is 0 Å². The number of aromatic nitrogens is 4. The van der Waals surface area contributed by atoms with Gasteiger partial charge < -0.3 is 0 Å². The van der Waals surface area contributed by atoms with E-state index in [-0.39, 0.29) is 0 Å². The molecule has 3 heterocycles. The van der Waals surface area contributed by atoms with Crippen LogP contribution in [0.15, 0.2) is 24.7 Å². The van der Waals surface area contributed by atoms with E-state index in [1.807, 2.05) is 23.7 Å². The molecule has 1 aliphatic rings. The van der Waals surface area contributed by atoms with Crippen molar-refractivity contribution in [3.05, 3.63) is 30.4 Å². The SMILES string of the molecule is CCn1nccc1-c1cc(C[C@@H]2CCCN(S(C)(=O)=O)C2)ncn1. The maximum absolute atomic E-state index is 11.8. The van der Waals surface area contributed by atoms with Crippen LogP contribution in [0, 0.1) is 5.92 Å². The normalized spacial score (nSPS) is 19.5. The Labute approximate surface area is 142 Å². The molecule has 1 saturated heterocycles. The lowest BCUT2D eigenvalue weighted by Gasteiger charge is -2.30. The molecule has 0 aliphatic carbocycles. The molecule has 7 nitrogen and oxygen atoms in total. The molecule has 2 aromatic heterocycles. The lowest BCUT2D eigenvalue weighted by Crippen LogP contribution is -2.39. The molecule has 0 amide bonds. The second-order valence-electron chi connectivity index (χ2n) is 6.26. The number of sulfonamides is 1. The van der Waals surface area contributed by atoms with E-state index in [1.54, 1.807) is 16.8 Å². The zero-order chi connectivity index (χ0) is 17.2. The Kier molecular flexibility index (Phi) is 4.96. The fraction of sp³-hybridized carbons (Fsp3) is 0.562. The van der Waals surface area contributed by atoms with E-state index < -0.39 is 10.0 Å². The van der Waals surface area contributed by atoms with E-state index in [0.29, 0.717) is 19.0 Å². The summed E-state index contributed by atoms with van der Waals surface area (Å²) in [5.41, 5.74) is 2.78. The Hall–Kier alpha value is -1.80. The van der Waals surface area contributed by atoms with Crippen molar-refractivity contribution in [1.82, 2.24) is 24.1 Å². The van der Waals surface area contributed by atoms with Gasteiger partial charge in [0.15, 0.2) is 0 Å². The van der Waals surface area contributed by atoms with Gasteiger partial charge in [0.05, 0.1) is 17.6 Å². The van der Waals surface area contributed by atoms with Gasteiger partial charge in [-0.05, 0) is 44.2 Å². The topological polar surface area (TPSA) is 81.0 Å². The smallest absolute Gasteiger partial charge is 0.211 e. The van der Waals surface area contributed by atoms with Gasteiger partial charge in [-0.1, -0.05) is 0 Å². The molecule has 1 atom stereocenters. The molecule has 0 unspecified atom stereocenters. The third-order valence-electron chi connectivity index (χ3n) is 4.45. The predicted octanol–water partition coefficient (Wildman–Crippen LogP) is 1.57. The van der Waals surface area contributed by atoms with Gasteiger partial charge in [0.2, 0.25) is 10.0 Å². The molecule has 0 saturated carbocycles. The first-order valence-corrected chi connectivity index (χ1v) is 10.1. The van der Waals surface area contributed by atoms with Crippen molar-refractivity contribution in [2.45, 2.75) is 32.7 Å². The van der Waals surface area contributed by atoms with E-state index in [4.69, 9.17) is 0 Å². The highest BCUT2D eigenvalue weighted by atomic mass is 32.2. The molecular formula is C16H23N5O2S. The minimum Gasteiger partial charge on any atom is -0.264 e. The van der Waals surface area contributed by atoms with Crippen LogP contribution in [0.4, 0.5) is 0 Å². The zero-order valence-corrected chi connectivity index (χ0v) is 14.9. The van der Waals surface area contributed by atoms with Crippen molar-refractivity contribution in [1.29, 1.82) is 0 Å². The maximum Gasteiger partial charge on any atom is 0.211 e. The Balaban J connectivity index is 1.75. The molecule has 0 aromatic carbocycles. The molecular weight excluding hydrogens is 326 g/mol. The van der Waals surface area contributed by atoms with Crippen LogP contribution in [0.1, 0.15) is 25.5 Å². The van der Waals surface area contributed by atoms with Gasteiger partial charge in [-0.25, -0.2) is 22.7 Å². The summed E-state index contributed by atoms with van der Waals surface area (Å²) in [5.74, 6) is 0.298. The predicted molar refractivity (Wildman–Crippen MR) is 91.8 cm³/mol. The highest BCUT2D eigenvalue weighted by molar-refractivity contribution is 7.88. The third-order valence-corrected chi connectivity index (χ3v) is 5.72. The molecule has 3 rings (SSSR count). The van der Waals surface area contributed by atoms with E-state index >= 15 is 0 Å². The van der Waals surface area contributed by atoms with Gasteiger partial charge in [-0.3, -0.25) is 4.68 Å². The quantitative estimate of drug-likeness (QED) is 0.818. The van der Waals surface area contributed by atoms with Crippen LogP contribution in [-0.4, -0.2) is 51.8 Å². The Morgan fingerprint density at radius 3 is 2.92 bits per heavy atom. The number of piperidine rings is 1. The summed E-state index contributed by atoms with van der Waals surface area (Å²) in [4.78, 5) is 8.74. The van der Waals surface area contributed by atoms with Crippen molar-refractivity contribution < 1.29 is 8.42 Å². The molecule has 0 radical (unpaired) electrons. The summed E-state index contributed by atoms with van der Waals surface area (Å²) < 4.78 is 27.0. The van der Waals surface area contributed by atoms with Gasteiger partial charge >= 0.3 is 0 Å². The number of aryl methyl sites for hydroxylation is 1. The monoisotopic (exact) mass is 349 g/mol. The van der Waals surface area contributed by atoms with E-state index in [1.165, 1.54) is 6.26 Å². The van der Waals surface area contributed by atoms with Crippen molar-refractivity contribution >= 4 is 10.0 Å². The van der Waals surface area contributed by atoms with Crippen molar-refractivity contribution in [3.63, 3.8) is 0 Å². The fourth-order valence-electron chi connectivity index (χ4n) is 3.24. The van der Waals surface area contributed by atoms with Crippen molar-refractivity contribution in [3.8, 4) is 11.4 Å². The standard InChI is InChI=1S/C16H23N5O2S/c1-3-21-16(6-7-19-21)15-10-14(17-12-18-15)9-13-5-4-8-20(11-13)24(2,22)23/h6-7,10,12-13H,3-5,8-9,11H2,1-2H3/t13-/m0/s1. The minimum absolute atomic E-state index is 0.298. The molecule has 0 N–H and O–H groups in total. The lowest BCUT2D eigenvalue weighted by molar-refractivity contribution is 0.265. The van der Waals surface area contributed by atoms with Crippen LogP contribution in [-0.2, 0) is 23.0 Å². The Morgan fingerprint density at radius 2 is 2.17 bits per heavy atom. The van der Waals surface area contributed by atoms with Gasteiger partial charge in [0.1, 0.15) is 6.33 Å². The van der Waals surface area contributed by atoms with Crippen LogP contribution in [0.5, 0.6) is 0 Å². The van der Waals surface area contributed by atoms with E-state index in [9.17, 15) is 8.42 Å². The molecule has 1 fully saturated rings. The van der Waals surface area contributed by atoms with E-state index in [2.05, 4.69) is 15.1 Å². The molecule has 2 aromatic rings. The summed E-state index contributed by atoms with van der Waals surface area (Å²) in [6.45, 7) is 4.03. The van der Waals surface area contributed by atoms with Crippen molar-refractivity contribution in [2.75, 3.05) is 19.3 Å². The largest absolute Gasteiger partial charge is 0.264 e. The fourth-order valence-corrected chi connectivity index (χ4v) is 4.18. The van der Waals surface area contributed by atoms with Crippen LogP contribution in [0.25, 0.3) is 11.4 Å². The van der Waals surface area contributed by atoms with Crippen LogP contribution < -0.4 is 0 Å². The summed E-state index contributed by atoms with van der Waals surface area (Å²) >= 11 is 0. The molecule has 130 valence electrons. The average Bonchev–Trinajstić information content (AvgIpc) is 3.03. The van der Waals surface area contributed by atoms with Gasteiger partial charge in [-0.15, -0.1) is 0 Å². The molecule has 0 spiro atoms. The highest BCUT2D eigenvalue weighted by Gasteiger charge is 2.26. The minimum atomic E-state index is -3.11. The summed E-state index contributed by atoms with van der Waals surface area (Å²) in [6, 6.07) is 3.93. The second-order valence-corrected chi connectivity index (χ2v) is 8.24. The summed E-state index contributed by atoms with van der Waals surface area (Å²) in [5, 5.41) is 4.28. The lowest BCUT2D eigenvalue weighted by atomic mass is 9.94. The van der Waals surface area contributed by atoms with Crippen molar-refractivity contribution in [2.24, 2.45) is 5.92 Å². The highest BCUT2D eigenvalue weighted by Crippen LogP contribution is 2.23. The van der Waals surface area contributed by atoms with Gasteiger partial charge in [0, 0.05) is 31.5 Å². The summed E-state index contributed by atoms with van der Waals surface area (Å²) in [6.07, 6.45) is 7.32. The average molecular weight is 349 g/mol. The Bertz CT molecular complexity index is 802. The number of rotatable bonds is 5. The van der Waals surface area contributed by atoms with Gasteiger partial charge in [-0.2, -0.15) is 5.10 Å². The van der Waals surface area contributed by atoms with Crippen LogP contribution >= 0.6 is 0 Å². The second kappa shape index (κ2) is 6.98. The molecule has 1 aliphatic heterocycles. The van der Waals surface area contributed by atoms with E-state index in [0.717, 1.165) is 42.9 Å². The first-order chi connectivity index (χ1) is 11.5. The zero-order valence-electron chi connectivity index (χ0n) is 14.1. The first-order valence-electron chi connectivity index (χ1n) is 8.25. The number of hydrogen-bond acceptors (Lipinski definition) is 5.